The Bertz CT molecular complexity index is 893. The Hall–Kier alpha value is -2.19. The van der Waals surface area contributed by atoms with Crippen LogP contribution in [0.3, 0.4) is 0 Å². The average Bonchev–Trinajstić information content (AvgIpc) is 3.05. The highest BCUT2D eigenvalue weighted by atomic mass is 32.2. The van der Waals surface area contributed by atoms with Crippen LogP contribution in [0.5, 0.6) is 5.75 Å². The van der Waals surface area contributed by atoms with Crippen molar-refractivity contribution in [3.05, 3.63) is 42.7 Å². The van der Waals surface area contributed by atoms with Gasteiger partial charge in [-0.05, 0) is 48.8 Å². The van der Waals surface area contributed by atoms with Gasteiger partial charge in [-0.25, -0.2) is 8.42 Å². The van der Waals surface area contributed by atoms with E-state index in [1.165, 1.54) is 12.3 Å². The van der Waals surface area contributed by atoms with Crippen molar-refractivity contribution >= 4 is 38.1 Å². The normalized spacial score (nSPS) is 11.5. The van der Waals surface area contributed by atoms with E-state index in [0.29, 0.717) is 23.6 Å². The zero-order chi connectivity index (χ0) is 15.6. The lowest BCUT2D eigenvalue weighted by molar-refractivity contribution is 0.344. The van der Waals surface area contributed by atoms with Crippen LogP contribution in [0.1, 0.15) is 6.92 Å². The SMILES string of the molecule is CCOc1ccc(NS(=O)(=O)c2ccns2)c2ncccc12. The molecule has 8 heteroatoms. The fraction of sp³-hybridized carbons (Fsp3) is 0.143. The quantitative estimate of drug-likeness (QED) is 0.775. The largest absolute Gasteiger partial charge is 0.493 e. The standard InChI is InChI=1S/C14H13N3O3S2/c1-2-20-12-6-5-11(14-10(12)4-3-8-15-14)17-22(18,19)13-7-9-16-21-13/h3-9,17H,2H2,1H3. The Balaban J connectivity index is 2.07. The lowest BCUT2D eigenvalue weighted by Crippen LogP contribution is -2.12. The van der Waals surface area contributed by atoms with Crippen LogP contribution in [0, 0.1) is 0 Å². The number of fused-ring (bicyclic) bond motifs is 1. The fourth-order valence-corrected chi connectivity index (χ4v) is 3.84. The number of ether oxygens (including phenoxy) is 1. The third kappa shape index (κ3) is 2.75. The molecular formula is C14H13N3O3S2. The molecule has 0 fully saturated rings. The molecule has 0 unspecified atom stereocenters. The number of hydrogen-bond acceptors (Lipinski definition) is 6. The fourth-order valence-electron chi connectivity index (χ4n) is 2.05. The van der Waals surface area contributed by atoms with E-state index in [0.717, 1.165) is 16.9 Å². The molecule has 0 saturated heterocycles. The lowest BCUT2D eigenvalue weighted by atomic mass is 10.2. The van der Waals surface area contributed by atoms with Gasteiger partial charge in [0.2, 0.25) is 0 Å². The Morgan fingerprint density at radius 2 is 2.09 bits per heavy atom. The molecule has 3 aromatic rings. The maximum atomic E-state index is 12.3. The molecule has 22 heavy (non-hydrogen) atoms. The van der Waals surface area contributed by atoms with E-state index in [-0.39, 0.29) is 4.21 Å². The average molecular weight is 335 g/mol. The van der Waals surface area contributed by atoms with Gasteiger partial charge < -0.3 is 4.74 Å². The summed E-state index contributed by atoms with van der Waals surface area (Å²) in [7, 11) is -3.66. The molecule has 6 nitrogen and oxygen atoms in total. The molecule has 0 spiro atoms. The first-order chi connectivity index (χ1) is 10.6. The second-order valence-corrected chi connectivity index (χ2v) is 7.12. The van der Waals surface area contributed by atoms with Gasteiger partial charge in [-0.3, -0.25) is 9.71 Å². The van der Waals surface area contributed by atoms with Crippen LogP contribution in [0.25, 0.3) is 10.9 Å². The Labute approximate surface area is 132 Å². The maximum Gasteiger partial charge on any atom is 0.273 e. The molecule has 0 amide bonds. The first-order valence-electron chi connectivity index (χ1n) is 6.56. The summed E-state index contributed by atoms with van der Waals surface area (Å²) in [6.07, 6.45) is 3.07. The second kappa shape index (κ2) is 5.90. The van der Waals surface area contributed by atoms with Gasteiger partial charge in [0.15, 0.2) is 4.21 Å². The van der Waals surface area contributed by atoms with Gasteiger partial charge in [0, 0.05) is 17.8 Å². The monoisotopic (exact) mass is 335 g/mol. The predicted octanol–water partition coefficient (Wildman–Crippen LogP) is 2.89. The molecule has 0 aliphatic rings. The van der Waals surface area contributed by atoms with Gasteiger partial charge in [0.05, 0.1) is 17.8 Å². The van der Waals surface area contributed by atoms with E-state index in [1.54, 1.807) is 24.4 Å². The molecule has 0 radical (unpaired) electrons. The number of sulfonamides is 1. The van der Waals surface area contributed by atoms with Crippen molar-refractivity contribution in [2.75, 3.05) is 11.3 Å². The van der Waals surface area contributed by atoms with E-state index in [1.807, 2.05) is 13.0 Å². The van der Waals surface area contributed by atoms with E-state index >= 15 is 0 Å². The van der Waals surface area contributed by atoms with Crippen molar-refractivity contribution in [3.63, 3.8) is 0 Å². The van der Waals surface area contributed by atoms with Crippen molar-refractivity contribution in [1.29, 1.82) is 0 Å². The molecule has 0 aliphatic carbocycles. The molecule has 2 aromatic heterocycles. The molecule has 2 heterocycles. The molecule has 3 rings (SSSR count). The first kappa shape index (κ1) is 14.7. The van der Waals surface area contributed by atoms with Crippen LogP contribution in [-0.4, -0.2) is 24.4 Å². The Morgan fingerprint density at radius 1 is 1.23 bits per heavy atom. The minimum Gasteiger partial charge on any atom is -0.493 e. The predicted molar refractivity (Wildman–Crippen MR) is 85.8 cm³/mol. The number of rotatable bonds is 5. The zero-order valence-electron chi connectivity index (χ0n) is 11.7. The third-order valence-corrected chi connectivity index (χ3v) is 5.53. The summed E-state index contributed by atoms with van der Waals surface area (Å²) in [5.74, 6) is 0.673. The van der Waals surface area contributed by atoms with Crippen LogP contribution in [-0.2, 0) is 10.0 Å². The second-order valence-electron chi connectivity index (χ2n) is 4.38. The van der Waals surface area contributed by atoms with E-state index < -0.39 is 10.0 Å². The zero-order valence-corrected chi connectivity index (χ0v) is 13.3. The third-order valence-electron chi connectivity index (χ3n) is 2.95. The highest BCUT2D eigenvalue weighted by Crippen LogP contribution is 2.31. The van der Waals surface area contributed by atoms with Crippen molar-refractivity contribution < 1.29 is 13.2 Å². The number of hydrogen-bond donors (Lipinski definition) is 1. The minimum absolute atomic E-state index is 0.158. The van der Waals surface area contributed by atoms with Gasteiger partial charge in [-0.2, -0.15) is 4.37 Å². The van der Waals surface area contributed by atoms with Gasteiger partial charge in [0.1, 0.15) is 5.75 Å². The molecule has 0 saturated carbocycles. The smallest absolute Gasteiger partial charge is 0.273 e. The number of aromatic nitrogens is 2. The minimum atomic E-state index is -3.66. The summed E-state index contributed by atoms with van der Waals surface area (Å²) in [6.45, 7) is 2.42. The summed E-state index contributed by atoms with van der Waals surface area (Å²) in [6, 6.07) is 8.47. The van der Waals surface area contributed by atoms with E-state index in [4.69, 9.17) is 4.74 Å². The number of anilines is 1. The maximum absolute atomic E-state index is 12.3. The van der Waals surface area contributed by atoms with Crippen molar-refractivity contribution in [2.45, 2.75) is 11.1 Å². The molecular weight excluding hydrogens is 322 g/mol. The van der Waals surface area contributed by atoms with Crippen LogP contribution < -0.4 is 9.46 Å². The number of benzene rings is 1. The summed E-state index contributed by atoms with van der Waals surface area (Å²) in [5, 5.41) is 0.758. The lowest BCUT2D eigenvalue weighted by Gasteiger charge is -2.12. The van der Waals surface area contributed by atoms with Crippen molar-refractivity contribution in [1.82, 2.24) is 9.36 Å². The van der Waals surface area contributed by atoms with Crippen LogP contribution in [0.15, 0.2) is 46.9 Å². The Morgan fingerprint density at radius 3 is 2.82 bits per heavy atom. The molecule has 0 bridgehead atoms. The van der Waals surface area contributed by atoms with Gasteiger partial charge in [-0.15, -0.1) is 0 Å². The number of nitrogens with one attached hydrogen (secondary N) is 1. The first-order valence-corrected chi connectivity index (χ1v) is 8.81. The van der Waals surface area contributed by atoms with E-state index in [2.05, 4.69) is 14.1 Å². The highest BCUT2D eigenvalue weighted by molar-refractivity contribution is 7.94. The van der Waals surface area contributed by atoms with Crippen LogP contribution >= 0.6 is 11.5 Å². The van der Waals surface area contributed by atoms with Crippen LogP contribution in [0.4, 0.5) is 5.69 Å². The summed E-state index contributed by atoms with van der Waals surface area (Å²) in [4.78, 5) is 4.27. The van der Waals surface area contributed by atoms with Gasteiger partial charge >= 0.3 is 0 Å². The number of nitrogens with zero attached hydrogens (tertiary/aromatic N) is 2. The number of pyridine rings is 1. The van der Waals surface area contributed by atoms with Crippen molar-refractivity contribution in [3.8, 4) is 5.75 Å². The topological polar surface area (TPSA) is 81.2 Å². The molecule has 1 aromatic carbocycles. The van der Waals surface area contributed by atoms with Gasteiger partial charge in [-0.1, -0.05) is 0 Å². The van der Waals surface area contributed by atoms with Crippen LogP contribution in [0.2, 0.25) is 0 Å². The summed E-state index contributed by atoms with van der Waals surface area (Å²) < 4.78 is 36.7. The molecule has 0 aliphatic heterocycles. The summed E-state index contributed by atoms with van der Waals surface area (Å²) >= 11 is 0.920. The summed E-state index contributed by atoms with van der Waals surface area (Å²) in [5.41, 5.74) is 0.953. The molecule has 1 N–H and O–H groups in total. The highest BCUT2D eigenvalue weighted by Gasteiger charge is 2.18. The van der Waals surface area contributed by atoms with Gasteiger partial charge in [0.25, 0.3) is 10.0 Å². The van der Waals surface area contributed by atoms with E-state index in [9.17, 15) is 8.42 Å². The molecule has 114 valence electrons. The molecule has 0 atom stereocenters. The Kier molecular flexibility index (Phi) is 3.95. The van der Waals surface area contributed by atoms with Crippen molar-refractivity contribution in [2.24, 2.45) is 0 Å².